The summed E-state index contributed by atoms with van der Waals surface area (Å²) in [6.07, 6.45) is 7.66. The summed E-state index contributed by atoms with van der Waals surface area (Å²) in [6.45, 7) is 2.25. The number of hydrogen-bond acceptors (Lipinski definition) is 4. The summed E-state index contributed by atoms with van der Waals surface area (Å²) in [6, 6.07) is 5.19. The highest BCUT2D eigenvalue weighted by atomic mass is 16.5. The van der Waals surface area contributed by atoms with Crippen molar-refractivity contribution in [2.75, 3.05) is 21.3 Å². The Morgan fingerprint density at radius 1 is 1.00 bits per heavy atom. The van der Waals surface area contributed by atoms with Crippen LogP contribution in [0.4, 0.5) is 0 Å². The molecule has 1 aliphatic rings. The van der Waals surface area contributed by atoms with Crippen molar-refractivity contribution in [2.45, 2.75) is 57.5 Å². The quantitative estimate of drug-likeness (QED) is 0.836. The van der Waals surface area contributed by atoms with Crippen molar-refractivity contribution in [3.8, 4) is 17.2 Å². The van der Waals surface area contributed by atoms with Gasteiger partial charge in [0.05, 0.1) is 21.3 Å². The molecule has 1 aromatic rings. The van der Waals surface area contributed by atoms with E-state index in [0.29, 0.717) is 17.8 Å². The van der Waals surface area contributed by atoms with Crippen LogP contribution in [0.25, 0.3) is 0 Å². The predicted molar refractivity (Wildman–Crippen MR) is 89.3 cm³/mol. The van der Waals surface area contributed by atoms with E-state index in [9.17, 15) is 0 Å². The molecule has 0 heterocycles. The summed E-state index contributed by atoms with van der Waals surface area (Å²) in [5.41, 5.74) is 1.20. The highest BCUT2D eigenvalue weighted by Gasteiger charge is 2.18. The van der Waals surface area contributed by atoms with E-state index in [1.54, 1.807) is 21.3 Å². The van der Waals surface area contributed by atoms with Crippen molar-refractivity contribution >= 4 is 0 Å². The van der Waals surface area contributed by atoms with Crippen LogP contribution in [-0.2, 0) is 6.42 Å². The maximum absolute atomic E-state index is 5.43. The number of hydrogen-bond donors (Lipinski definition) is 1. The van der Waals surface area contributed by atoms with Crippen LogP contribution in [0.2, 0.25) is 0 Å². The normalized spacial score (nSPS) is 17.1. The minimum Gasteiger partial charge on any atom is -0.493 e. The summed E-state index contributed by atoms with van der Waals surface area (Å²) in [4.78, 5) is 0. The largest absolute Gasteiger partial charge is 0.493 e. The SMILES string of the molecule is COc1cc(CC(C)NC2CCCCC2)cc(OC)c1OC. The number of methoxy groups -OCH3 is 3. The molecule has 1 N–H and O–H groups in total. The average Bonchev–Trinajstić information content (AvgIpc) is 2.54. The molecule has 1 atom stereocenters. The average molecular weight is 307 g/mol. The van der Waals surface area contributed by atoms with Crippen molar-refractivity contribution in [3.63, 3.8) is 0 Å². The predicted octanol–water partition coefficient (Wildman–Crippen LogP) is 3.57. The molecule has 4 heteroatoms. The molecule has 1 saturated carbocycles. The van der Waals surface area contributed by atoms with Gasteiger partial charge < -0.3 is 19.5 Å². The van der Waals surface area contributed by atoms with E-state index in [0.717, 1.165) is 17.9 Å². The van der Waals surface area contributed by atoms with Gasteiger partial charge in [-0.25, -0.2) is 0 Å². The minimum absolute atomic E-state index is 0.436. The third-order valence-electron chi connectivity index (χ3n) is 4.39. The lowest BCUT2D eigenvalue weighted by atomic mass is 9.94. The molecule has 0 radical (unpaired) electrons. The van der Waals surface area contributed by atoms with Gasteiger partial charge in [0.15, 0.2) is 11.5 Å². The lowest BCUT2D eigenvalue weighted by molar-refractivity contribution is 0.322. The molecule has 0 amide bonds. The molecule has 124 valence electrons. The molecule has 1 unspecified atom stereocenters. The summed E-state index contributed by atoms with van der Waals surface area (Å²) >= 11 is 0. The number of rotatable bonds is 7. The monoisotopic (exact) mass is 307 g/mol. The molecule has 2 rings (SSSR count). The highest BCUT2D eigenvalue weighted by Crippen LogP contribution is 2.38. The van der Waals surface area contributed by atoms with Gasteiger partial charge in [0, 0.05) is 12.1 Å². The second kappa shape index (κ2) is 8.28. The third-order valence-corrected chi connectivity index (χ3v) is 4.39. The molecule has 1 aromatic carbocycles. The molecular weight excluding hydrogens is 278 g/mol. The van der Waals surface area contributed by atoms with Gasteiger partial charge in [-0.05, 0) is 43.9 Å². The first kappa shape index (κ1) is 16.9. The number of benzene rings is 1. The van der Waals surface area contributed by atoms with Crippen LogP contribution in [0, 0.1) is 0 Å². The molecule has 0 bridgehead atoms. The summed E-state index contributed by atoms with van der Waals surface area (Å²) in [5.74, 6) is 2.10. The van der Waals surface area contributed by atoms with Crippen molar-refractivity contribution in [1.82, 2.24) is 5.32 Å². The first-order valence-electron chi connectivity index (χ1n) is 8.22. The zero-order chi connectivity index (χ0) is 15.9. The zero-order valence-electron chi connectivity index (χ0n) is 14.3. The van der Waals surface area contributed by atoms with E-state index in [4.69, 9.17) is 14.2 Å². The molecular formula is C18H29NO3. The van der Waals surface area contributed by atoms with Crippen LogP contribution in [0.5, 0.6) is 17.2 Å². The van der Waals surface area contributed by atoms with Gasteiger partial charge in [-0.1, -0.05) is 19.3 Å². The maximum Gasteiger partial charge on any atom is 0.203 e. The van der Waals surface area contributed by atoms with Crippen molar-refractivity contribution < 1.29 is 14.2 Å². The van der Waals surface area contributed by atoms with Gasteiger partial charge in [-0.15, -0.1) is 0 Å². The van der Waals surface area contributed by atoms with Crippen LogP contribution in [0.3, 0.4) is 0 Å². The van der Waals surface area contributed by atoms with Gasteiger partial charge in [-0.2, -0.15) is 0 Å². The topological polar surface area (TPSA) is 39.7 Å². The van der Waals surface area contributed by atoms with Gasteiger partial charge >= 0.3 is 0 Å². The fraction of sp³-hybridized carbons (Fsp3) is 0.667. The third kappa shape index (κ3) is 4.29. The van der Waals surface area contributed by atoms with Crippen LogP contribution in [-0.4, -0.2) is 33.4 Å². The molecule has 0 spiro atoms. The van der Waals surface area contributed by atoms with Crippen LogP contribution in [0.15, 0.2) is 12.1 Å². The van der Waals surface area contributed by atoms with E-state index in [2.05, 4.69) is 12.2 Å². The van der Waals surface area contributed by atoms with Gasteiger partial charge in [0.1, 0.15) is 0 Å². The van der Waals surface area contributed by atoms with E-state index in [1.165, 1.54) is 37.7 Å². The Kier molecular flexibility index (Phi) is 6.37. The van der Waals surface area contributed by atoms with Crippen LogP contribution in [0.1, 0.15) is 44.6 Å². The van der Waals surface area contributed by atoms with Crippen LogP contribution >= 0.6 is 0 Å². The van der Waals surface area contributed by atoms with Crippen molar-refractivity contribution in [2.24, 2.45) is 0 Å². The second-order valence-electron chi connectivity index (χ2n) is 6.14. The maximum atomic E-state index is 5.43. The molecule has 0 saturated heterocycles. The van der Waals surface area contributed by atoms with E-state index >= 15 is 0 Å². The Morgan fingerprint density at radius 2 is 1.59 bits per heavy atom. The lowest BCUT2D eigenvalue weighted by Crippen LogP contribution is -2.38. The fourth-order valence-corrected chi connectivity index (χ4v) is 3.34. The molecule has 22 heavy (non-hydrogen) atoms. The van der Waals surface area contributed by atoms with Crippen molar-refractivity contribution in [1.29, 1.82) is 0 Å². The first-order valence-corrected chi connectivity index (χ1v) is 8.22. The standard InChI is InChI=1S/C18H29NO3/c1-13(19-15-8-6-5-7-9-15)10-14-11-16(20-2)18(22-4)17(12-14)21-3/h11-13,15,19H,5-10H2,1-4H3. The number of ether oxygens (including phenoxy) is 3. The van der Waals surface area contributed by atoms with Crippen molar-refractivity contribution in [3.05, 3.63) is 17.7 Å². The van der Waals surface area contributed by atoms with E-state index < -0.39 is 0 Å². The van der Waals surface area contributed by atoms with Gasteiger partial charge in [0.2, 0.25) is 5.75 Å². The lowest BCUT2D eigenvalue weighted by Gasteiger charge is -2.27. The molecule has 1 fully saturated rings. The summed E-state index contributed by atoms with van der Waals surface area (Å²) in [7, 11) is 4.95. The second-order valence-corrected chi connectivity index (χ2v) is 6.14. The smallest absolute Gasteiger partial charge is 0.203 e. The first-order chi connectivity index (χ1) is 10.7. The Hall–Kier alpha value is -1.42. The zero-order valence-corrected chi connectivity index (χ0v) is 14.3. The molecule has 0 aliphatic heterocycles. The molecule has 0 aromatic heterocycles. The summed E-state index contributed by atoms with van der Waals surface area (Å²) in [5, 5.41) is 3.76. The van der Waals surface area contributed by atoms with E-state index in [1.807, 2.05) is 12.1 Å². The minimum atomic E-state index is 0.436. The molecule has 1 aliphatic carbocycles. The Bertz CT molecular complexity index is 444. The van der Waals surface area contributed by atoms with Gasteiger partial charge in [0.25, 0.3) is 0 Å². The fourth-order valence-electron chi connectivity index (χ4n) is 3.34. The number of nitrogens with one attached hydrogen (secondary N) is 1. The highest BCUT2D eigenvalue weighted by molar-refractivity contribution is 5.53. The van der Waals surface area contributed by atoms with Crippen LogP contribution < -0.4 is 19.5 Å². The Balaban J connectivity index is 2.04. The molecule has 4 nitrogen and oxygen atoms in total. The Morgan fingerprint density at radius 3 is 2.09 bits per heavy atom. The summed E-state index contributed by atoms with van der Waals surface area (Å²) < 4.78 is 16.2. The Labute approximate surface area is 134 Å². The van der Waals surface area contributed by atoms with E-state index in [-0.39, 0.29) is 0 Å². The van der Waals surface area contributed by atoms with Gasteiger partial charge in [-0.3, -0.25) is 0 Å².